The van der Waals surface area contributed by atoms with E-state index in [1.54, 1.807) is 39.3 Å². The second-order valence-electron chi connectivity index (χ2n) is 6.51. The molecule has 0 atom stereocenters. The largest absolute Gasteiger partial charge is 0.497 e. The molecule has 166 valence electrons. The summed E-state index contributed by atoms with van der Waals surface area (Å²) in [5.41, 5.74) is 5.47. The number of hydrazone groups is 1. The van der Waals surface area contributed by atoms with Crippen molar-refractivity contribution in [1.82, 2.24) is 14.9 Å². The van der Waals surface area contributed by atoms with E-state index in [9.17, 15) is 0 Å². The van der Waals surface area contributed by atoms with E-state index in [4.69, 9.17) is 24.0 Å². The topological polar surface area (TPSA) is 104 Å². The van der Waals surface area contributed by atoms with Crippen LogP contribution >= 0.6 is 11.8 Å². The van der Waals surface area contributed by atoms with E-state index in [-0.39, 0.29) is 0 Å². The number of nitrogens with zero attached hydrogens (tertiary/aromatic N) is 5. The zero-order valence-electron chi connectivity index (χ0n) is 18.0. The molecule has 3 aromatic rings. The van der Waals surface area contributed by atoms with Crippen molar-refractivity contribution in [2.24, 2.45) is 10.2 Å². The zero-order valence-corrected chi connectivity index (χ0v) is 18.8. The number of benzene rings is 2. The van der Waals surface area contributed by atoms with Gasteiger partial charge in [-0.2, -0.15) is 14.9 Å². The van der Waals surface area contributed by atoms with Crippen LogP contribution in [0.3, 0.4) is 0 Å². The summed E-state index contributed by atoms with van der Waals surface area (Å²) in [6.45, 7) is 0. The lowest BCUT2D eigenvalue weighted by Crippen LogP contribution is -2.14. The van der Waals surface area contributed by atoms with E-state index in [2.05, 4.69) is 20.7 Å². The van der Waals surface area contributed by atoms with Gasteiger partial charge in [-0.05, 0) is 42.0 Å². The van der Waals surface area contributed by atoms with Crippen molar-refractivity contribution in [3.63, 3.8) is 0 Å². The molecule has 10 nitrogen and oxygen atoms in total. The van der Waals surface area contributed by atoms with Gasteiger partial charge in [0.05, 0.1) is 40.4 Å². The summed E-state index contributed by atoms with van der Waals surface area (Å²) in [4.78, 5) is 0. The number of thioether (sulfide) groups is 1. The van der Waals surface area contributed by atoms with Crippen molar-refractivity contribution < 1.29 is 18.9 Å². The first-order valence-electron chi connectivity index (χ1n) is 9.56. The second kappa shape index (κ2) is 9.60. The number of fused-ring (bicyclic) bond motifs is 1. The third-order valence-corrected chi connectivity index (χ3v) is 5.59. The van der Waals surface area contributed by atoms with Gasteiger partial charge in [0.15, 0.2) is 11.5 Å². The molecule has 11 heteroatoms. The highest BCUT2D eigenvalue weighted by Crippen LogP contribution is 2.39. The molecule has 1 N–H and O–H groups in total. The molecule has 4 rings (SSSR count). The minimum absolute atomic E-state index is 0.405. The maximum atomic E-state index is 5.46. The fraction of sp³-hybridized carbons (Fsp3) is 0.238. The van der Waals surface area contributed by atoms with Crippen molar-refractivity contribution >= 4 is 29.6 Å². The lowest BCUT2D eigenvalue weighted by molar-refractivity contribution is 0.324. The molecule has 2 heterocycles. The van der Waals surface area contributed by atoms with Crippen molar-refractivity contribution in [3.05, 3.63) is 47.5 Å². The summed E-state index contributed by atoms with van der Waals surface area (Å²) in [7, 11) is 6.37. The number of rotatable bonds is 8. The predicted molar refractivity (Wildman–Crippen MR) is 123 cm³/mol. The van der Waals surface area contributed by atoms with E-state index in [1.807, 2.05) is 36.4 Å². The Labute approximate surface area is 189 Å². The highest BCUT2D eigenvalue weighted by atomic mass is 32.2. The molecule has 0 aliphatic carbocycles. The van der Waals surface area contributed by atoms with Crippen molar-refractivity contribution in [2.75, 3.05) is 39.6 Å². The summed E-state index contributed by atoms with van der Waals surface area (Å²) in [5, 5.41) is 18.0. The van der Waals surface area contributed by atoms with Crippen LogP contribution in [0.25, 0.3) is 0 Å². The molecule has 1 aromatic heterocycles. The Morgan fingerprint density at radius 1 is 0.969 bits per heavy atom. The van der Waals surface area contributed by atoms with Crippen molar-refractivity contribution in [3.8, 4) is 23.0 Å². The molecular weight excluding hydrogens is 432 g/mol. The Morgan fingerprint density at radius 2 is 1.69 bits per heavy atom. The molecular formula is C21H22N6O4S. The van der Waals surface area contributed by atoms with Crippen LogP contribution in [0.1, 0.15) is 11.1 Å². The Balaban J connectivity index is 1.59. The van der Waals surface area contributed by atoms with Gasteiger partial charge < -0.3 is 18.9 Å². The Bertz CT molecular complexity index is 1130. The molecule has 0 saturated carbocycles. The number of hydrogen-bond donors (Lipinski definition) is 1. The second-order valence-corrected chi connectivity index (χ2v) is 7.45. The Morgan fingerprint density at radius 3 is 2.31 bits per heavy atom. The standard InChI is InChI=1S/C21H22N6O4S/c1-28-15-7-5-13(6-8-15)11-22-23-20-24-25-21-27(20)26-16(12-32-21)14-9-17(29-2)19(31-4)18(10-14)30-3/h5-11H,12H2,1-4H3,(H,23,24)/b22-11+. The molecule has 2 aromatic carbocycles. The lowest BCUT2D eigenvalue weighted by atomic mass is 10.1. The van der Waals surface area contributed by atoms with E-state index in [1.165, 1.54) is 11.8 Å². The normalized spacial score (nSPS) is 12.8. The minimum Gasteiger partial charge on any atom is -0.497 e. The van der Waals surface area contributed by atoms with E-state index in [0.29, 0.717) is 34.1 Å². The number of aromatic nitrogens is 3. The van der Waals surface area contributed by atoms with Crippen LogP contribution in [0.4, 0.5) is 5.95 Å². The Hall–Kier alpha value is -3.73. The van der Waals surface area contributed by atoms with Crippen LogP contribution in [0, 0.1) is 0 Å². The van der Waals surface area contributed by atoms with Gasteiger partial charge in [0.25, 0.3) is 5.95 Å². The van der Waals surface area contributed by atoms with Gasteiger partial charge in [-0.25, -0.2) is 5.43 Å². The van der Waals surface area contributed by atoms with Gasteiger partial charge in [0.1, 0.15) is 5.75 Å². The first kappa shape index (κ1) is 21.5. The van der Waals surface area contributed by atoms with Crippen LogP contribution in [-0.2, 0) is 0 Å². The molecule has 0 radical (unpaired) electrons. The Kier molecular flexibility index (Phi) is 6.45. The number of anilines is 1. The highest BCUT2D eigenvalue weighted by molar-refractivity contribution is 7.99. The lowest BCUT2D eigenvalue weighted by Gasteiger charge is -2.17. The summed E-state index contributed by atoms with van der Waals surface area (Å²) >= 11 is 1.52. The molecule has 0 unspecified atom stereocenters. The molecule has 1 aliphatic rings. The maximum absolute atomic E-state index is 5.46. The van der Waals surface area contributed by atoms with Gasteiger partial charge in [0.2, 0.25) is 10.9 Å². The van der Waals surface area contributed by atoms with E-state index < -0.39 is 0 Å². The summed E-state index contributed by atoms with van der Waals surface area (Å²) in [5.74, 6) is 3.46. The first-order chi connectivity index (χ1) is 15.7. The maximum Gasteiger partial charge on any atom is 0.266 e. The van der Waals surface area contributed by atoms with Crippen LogP contribution in [-0.4, -0.2) is 61.0 Å². The molecule has 0 saturated heterocycles. The van der Waals surface area contributed by atoms with Gasteiger partial charge in [-0.1, -0.05) is 11.8 Å². The van der Waals surface area contributed by atoms with Gasteiger partial charge in [-0.15, -0.1) is 10.2 Å². The minimum atomic E-state index is 0.405. The third kappa shape index (κ3) is 4.33. The average molecular weight is 455 g/mol. The first-order valence-corrected chi connectivity index (χ1v) is 10.5. The van der Waals surface area contributed by atoms with Gasteiger partial charge >= 0.3 is 0 Å². The number of hydrogen-bond acceptors (Lipinski definition) is 10. The van der Waals surface area contributed by atoms with Crippen LogP contribution in [0.2, 0.25) is 0 Å². The predicted octanol–water partition coefficient (Wildman–Crippen LogP) is 3.12. The fourth-order valence-corrected chi connectivity index (χ4v) is 3.88. The highest BCUT2D eigenvalue weighted by Gasteiger charge is 2.22. The van der Waals surface area contributed by atoms with Crippen LogP contribution in [0.15, 0.2) is 51.8 Å². The molecule has 0 fully saturated rings. The average Bonchev–Trinajstić information content (AvgIpc) is 3.25. The molecule has 0 spiro atoms. The zero-order chi connectivity index (χ0) is 22.5. The summed E-state index contributed by atoms with van der Waals surface area (Å²) in [6.07, 6.45) is 1.68. The van der Waals surface area contributed by atoms with Crippen molar-refractivity contribution in [1.29, 1.82) is 0 Å². The van der Waals surface area contributed by atoms with Gasteiger partial charge in [-0.3, -0.25) is 0 Å². The quantitative estimate of drug-likeness (QED) is 0.409. The molecule has 32 heavy (non-hydrogen) atoms. The van der Waals surface area contributed by atoms with E-state index >= 15 is 0 Å². The summed E-state index contributed by atoms with van der Waals surface area (Å²) < 4.78 is 23.1. The van der Waals surface area contributed by atoms with Crippen LogP contribution in [0.5, 0.6) is 23.0 Å². The SMILES string of the molecule is COc1ccc(/C=N/Nc2nnc3n2N=C(c2cc(OC)c(OC)c(OC)c2)CS3)cc1. The fourth-order valence-electron chi connectivity index (χ4n) is 3.04. The molecule has 1 aliphatic heterocycles. The smallest absolute Gasteiger partial charge is 0.266 e. The van der Waals surface area contributed by atoms with Crippen molar-refractivity contribution in [2.45, 2.75) is 5.16 Å². The third-order valence-electron chi connectivity index (χ3n) is 4.66. The number of nitrogens with one attached hydrogen (secondary N) is 1. The molecule has 0 amide bonds. The van der Waals surface area contributed by atoms with Crippen LogP contribution < -0.4 is 24.4 Å². The van der Waals surface area contributed by atoms with Gasteiger partial charge in [0, 0.05) is 11.3 Å². The number of ether oxygens (including phenoxy) is 4. The monoisotopic (exact) mass is 454 g/mol. The summed E-state index contributed by atoms with van der Waals surface area (Å²) in [6, 6.07) is 11.3. The van der Waals surface area contributed by atoms with E-state index in [0.717, 1.165) is 22.6 Å². The number of methoxy groups -OCH3 is 4. The molecule has 0 bridgehead atoms.